The van der Waals surface area contributed by atoms with Crippen molar-refractivity contribution in [2.45, 2.75) is 109 Å². The first-order chi connectivity index (χ1) is 23.9. The van der Waals surface area contributed by atoms with Crippen molar-refractivity contribution in [1.29, 1.82) is 0 Å². The van der Waals surface area contributed by atoms with Crippen LogP contribution in [0.4, 0.5) is 4.79 Å². The summed E-state index contributed by atoms with van der Waals surface area (Å²) in [6.07, 6.45) is 11.8. The molecule has 5 amide bonds. The predicted molar refractivity (Wildman–Crippen MR) is 191 cm³/mol. The van der Waals surface area contributed by atoms with Crippen LogP contribution in [-0.4, -0.2) is 85.4 Å². The van der Waals surface area contributed by atoms with Gasteiger partial charge < -0.3 is 30.6 Å². The molecule has 1 aromatic heterocycles. The number of piperidine rings is 1. The molecule has 4 N–H and O–H groups in total. The molecule has 4 unspecified atom stereocenters. The second kappa shape index (κ2) is 15.6. The quantitative estimate of drug-likeness (QED) is 0.121. The van der Waals surface area contributed by atoms with E-state index in [9.17, 15) is 32.4 Å². The summed E-state index contributed by atoms with van der Waals surface area (Å²) in [5, 5.41) is 11.0. The number of ketones is 1. The van der Waals surface area contributed by atoms with E-state index in [-0.39, 0.29) is 54.7 Å². The van der Waals surface area contributed by atoms with Gasteiger partial charge in [-0.3, -0.25) is 19.2 Å². The first kappa shape index (κ1) is 39.7. The third-order valence-corrected chi connectivity index (χ3v) is 12.3. The summed E-state index contributed by atoms with van der Waals surface area (Å²) in [6.45, 7) is 13.3. The van der Waals surface area contributed by atoms with Gasteiger partial charge in [-0.2, -0.15) is 0 Å². The fourth-order valence-electron chi connectivity index (χ4n) is 7.82. The summed E-state index contributed by atoms with van der Waals surface area (Å²) in [6, 6.07) is -0.697. The molecule has 1 aromatic rings. The molecule has 2 heterocycles. The van der Waals surface area contributed by atoms with E-state index < -0.39 is 68.5 Å². The zero-order valence-electron chi connectivity index (χ0n) is 30.4. The Kier molecular flexibility index (Phi) is 12.2. The van der Waals surface area contributed by atoms with Crippen molar-refractivity contribution in [3.63, 3.8) is 0 Å². The Morgan fingerprint density at radius 1 is 1.14 bits per heavy atom. The van der Waals surface area contributed by atoms with Crippen molar-refractivity contribution < 1.29 is 36.8 Å². The van der Waals surface area contributed by atoms with E-state index in [1.54, 1.807) is 32.9 Å². The highest BCUT2D eigenvalue weighted by molar-refractivity contribution is 7.90. The number of hydrogen-bond donors (Lipinski definition) is 4. The number of carbonyl (C=O) groups is 5. The van der Waals surface area contributed by atoms with Crippen molar-refractivity contribution >= 4 is 39.4 Å². The molecule has 1 saturated heterocycles. The van der Waals surface area contributed by atoms with Crippen LogP contribution in [0.5, 0.6) is 0 Å². The number of Topliss-reactive ketones (excluding diaryl/α,β-unsaturated/α-hetero) is 1. The molecule has 0 radical (unpaired) electrons. The monoisotopic (exact) mass is 727 g/mol. The van der Waals surface area contributed by atoms with Gasteiger partial charge in [0.1, 0.15) is 23.6 Å². The van der Waals surface area contributed by atoms with Crippen molar-refractivity contribution in [2.75, 3.05) is 18.8 Å². The molecule has 4 rings (SSSR count). The van der Waals surface area contributed by atoms with E-state index in [4.69, 9.17) is 10.8 Å². The van der Waals surface area contributed by atoms with Gasteiger partial charge >= 0.3 is 6.03 Å². The normalized spacial score (nSPS) is 23.1. The maximum atomic E-state index is 14.4. The maximum Gasteiger partial charge on any atom is 0.315 e. The number of furan rings is 1. The molecule has 14 heteroatoms. The lowest BCUT2D eigenvalue weighted by atomic mass is 9.83. The van der Waals surface area contributed by atoms with E-state index in [0.717, 1.165) is 19.3 Å². The number of hydrogen-bond acceptors (Lipinski definition) is 8. The standard InChI is InChI=1S/C37H53N5O8S/c1-8-10-16-26(29(43)32(45)38-19-9-2)39-31(44)28-27-25(36(27,6)7)21-42(28)33(46)30(35(3,4)5)40-34(47)41-37(17-12-11-13-18-37)23-51(48,49)22-24-15-14-20-50-24/h1,9,14-15,20,25-28,30H,2,10-13,16-19,21-23H2,3-7H3,(H,38,45)(H,39,44)(H2,40,41,47)/t25?,26?,27?,28?,30-/m1/s1. The molecule has 51 heavy (non-hydrogen) atoms. The zero-order chi connectivity index (χ0) is 37.8. The lowest BCUT2D eigenvalue weighted by molar-refractivity contribution is -0.145. The molecule has 5 atom stereocenters. The average Bonchev–Trinajstić information content (AvgIpc) is 3.45. The van der Waals surface area contributed by atoms with E-state index in [0.29, 0.717) is 18.6 Å². The first-order valence-electron chi connectivity index (χ1n) is 17.6. The number of nitrogens with one attached hydrogen (secondary N) is 4. The van der Waals surface area contributed by atoms with Crippen molar-refractivity contribution in [2.24, 2.45) is 22.7 Å². The van der Waals surface area contributed by atoms with Crippen LogP contribution >= 0.6 is 0 Å². The molecule has 0 spiro atoms. The van der Waals surface area contributed by atoms with Gasteiger partial charge in [0.25, 0.3) is 5.91 Å². The predicted octanol–water partition coefficient (Wildman–Crippen LogP) is 2.86. The minimum atomic E-state index is -3.68. The summed E-state index contributed by atoms with van der Waals surface area (Å²) < 4.78 is 31.8. The Hall–Kier alpha value is -4.12. The highest BCUT2D eigenvalue weighted by atomic mass is 32.2. The number of carbonyl (C=O) groups excluding carboxylic acids is 5. The number of nitrogens with zero attached hydrogens (tertiary/aromatic N) is 1. The van der Waals surface area contributed by atoms with Crippen LogP contribution in [0.15, 0.2) is 35.5 Å². The number of rotatable bonds is 15. The molecular formula is C37H53N5O8S. The molecular weight excluding hydrogens is 675 g/mol. The Labute approximate surface area is 301 Å². The van der Waals surface area contributed by atoms with Gasteiger partial charge in [0.15, 0.2) is 9.84 Å². The van der Waals surface area contributed by atoms with Gasteiger partial charge in [-0.05, 0) is 54.1 Å². The molecule has 0 aromatic carbocycles. The number of fused-ring (bicyclic) bond motifs is 1. The zero-order valence-corrected chi connectivity index (χ0v) is 31.2. The highest BCUT2D eigenvalue weighted by Gasteiger charge is 2.70. The summed E-state index contributed by atoms with van der Waals surface area (Å²) in [5.74, 6) is -0.796. The lowest BCUT2D eigenvalue weighted by Gasteiger charge is -2.40. The van der Waals surface area contributed by atoms with Crippen LogP contribution in [0.25, 0.3) is 0 Å². The Bertz CT molecular complexity index is 1630. The second-order valence-corrected chi connectivity index (χ2v) is 18.0. The smallest absolute Gasteiger partial charge is 0.315 e. The van der Waals surface area contributed by atoms with Gasteiger partial charge in [0.05, 0.1) is 23.6 Å². The van der Waals surface area contributed by atoms with Gasteiger partial charge in [0.2, 0.25) is 17.6 Å². The fraction of sp³-hybridized carbons (Fsp3) is 0.649. The molecule has 280 valence electrons. The maximum absolute atomic E-state index is 14.4. The van der Waals surface area contributed by atoms with Crippen LogP contribution in [-0.2, 0) is 34.8 Å². The molecule has 1 aliphatic heterocycles. The molecule has 2 saturated carbocycles. The van der Waals surface area contributed by atoms with Crippen LogP contribution in [0.2, 0.25) is 0 Å². The fourth-order valence-corrected chi connectivity index (χ4v) is 9.72. The van der Waals surface area contributed by atoms with Gasteiger partial charge in [-0.1, -0.05) is 60.0 Å². The number of urea groups is 1. The molecule has 2 aliphatic carbocycles. The van der Waals surface area contributed by atoms with E-state index in [1.807, 2.05) is 13.8 Å². The largest absolute Gasteiger partial charge is 0.468 e. The number of terminal acetylenes is 1. The Balaban J connectivity index is 1.54. The molecule has 3 aliphatic rings. The second-order valence-electron chi connectivity index (χ2n) is 15.9. The number of sulfone groups is 1. The Morgan fingerprint density at radius 3 is 2.41 bits per heavy atom. The third-order valence-electron chi connectivity index (χ3n) is 10.6. The summed E-state index contributed by atoms with van der Waals surface area (Å²) in [7, 11) is -3.68. The summed E-state index contributed by atoms with van der Waals surface area (Å²) in [4.78, 5) is 69.3. The van der Waals surface area contributed by atoms with Gasteiger partial charge in [0, 0.05) is 19.5 Å². The van der Waals surface area contributed by atoms with Crippen molar-refractivity contribution in [3.05, 3.63) is 36.8 Å². The third kappa shape index (κ3) is 9.41. The van der Waals surface area contributed by atoms with Crippen LogP contribution in [0.3, 0.4) is 0 Å². The topological polar surface area (TPSA) is 184 Å². The number of likely N-dealkylation sites (tertiary alicyclic amines) is 1. The number of amides is 5. The van der Waals surface area contributed by atoms with Crippen molar-refractivity contribution in [1.82, 2.24) is 26.2 Å². The molecule has 0 bridgehead atoms. The van der Waals surface area contributed by atoms with Gasteiger partial charge in [-0.15, -0.1) is 18.9 Å². The van der Waals surface area contributed by atoms with Crippen LogP contribution < -0.4 is 21.3 Å². The van der Waals surface area contributed by atoms with E-state index >= 15 is 0 Å². The highest BCUT2D eigenvalue weighted by Crippen LogP contribution is 2.65. The average molecular weight is 728 g/mol. The van der Waals surface area contributed by atoms with Crippen LogP contribution in [0.1, 0.15) is 85.3 Å². The Morgan fingerprint density at radius 2 is 1.82 bits per heavy atom. The minimum Gasteiger partial charge on any atom is -0.468 e. The van der Waals surface area contributed by atoms with Crippen molar-refractivity contribution in [3.8, 4) is 12.3 Å². The van der Waals surface area contributed by atoms with Crippen LogP contribution in [0, 0.1) is 35.0 Å². The molecule has 13 nitrogen and oxygen atoms in total. The lowest BCUT2D eigenvalue weighted by Crippen LogP contribution is -2.64. The SMILES string of the molecule is C#CCCC(NC(=O)C1C2C(CN1C(=O)[C@@H](NC(=O)NC1(CS(=O)(=O)Cc3ccco3)CCCCC1)C(C)(C)C)C2(C)C)C(=O)C(=O)NCC=C. The summed E-state index contributed by atoms with van der Waals surface area (Å²) in [5.41, 5.74) is -2.09. The minimum absolute atomic E-state index is 0.00673. The van der Waals surface area contributed by atoms with E-state index in [1.165, 1.54) is 17.2 Å². The first-order valence-corrected chi connectivity index (χ1v) is 19.5. The summed E-state index contributed by atoms with van der Waals surface area (Å²) >= 11 is 0. The van der Waals surface area contributed by atoms with Gasteiger partial charge in [-0.25, -0.2) is 13.2 Å². The molecule has 3 fully saturated rings. The van der Waals surface area contributed by atoms with E-state index in [2.05, 4.69) is 33.8 Å².